The molecule has 1 N–H and O–H groups in total. The van der Waals surface area contributed by atoms with Crippen LogP contribution >= 0.6 is 0 Å². The van der Waals surface area contributed by atoms with E-state index < -0.39 is 17.7 Å². The van der Waals surface area contributed by atoms with E-state index in [0.29, 0.717) is 0 Å². The van der Waals surface area contributed by atoms with Crippen LogP contribution in [-0.4, -0.2) is 55.7 Å². The van der Waals surface area contributed by atoms with Crippen molar-refractivity contribution in [2.75, 3.05) is 40.8 Å². The van der Waals surface area contributed by atoms with Crippen molar-refractivity contribution < 1.29 is 13.9 Å². The molecule has 5 heteroatoms. The lowest BCUT2D eigenvalue weighted by Crippen LogP contribution is -2.28. The Morgan fingerprint density at radius 1 is 1.16 bits per heavy atom. The normalized spacial score (nSPS) is 13.3. The van der Waals surface area contributed by atoms with Gasteiger partial charge < -0.3 is 14.9 Å². The molecule has 1 aromatic carbocycles. The van der Waals surface area contributed by atoms with Crippen LogP contribution in [0.3, 0.4) is 0 Å². The summed E-state index contributed by atoms with van der Waals surface area (Å²) in [6, 6.07) is 3.87. The molecule has 0 aliphatic carbocycles. The molecule has 0 radical (unpaired) electrons. The summed E-state index contributed by atoms with van der Waals surface area (Å²) in [5.74, 6) is -1.89. The molecule has 0 heterocycles. The van der Waals surface area contributed by atoms with Crippen molar-refractivity contribution in [3.05, 3.63) is 35.4 Å². The molecule has 0 aliphatic heterocycles. The molecule has 0 saturated heterocycles. The highest BCUT2D eigenvalue weighted by atomic mass is 19.2. The van der Waals surface area contributed by atoms with Gasteiger partial charge in [-0.3, -0.25) is 0 Å². The van der Waals surface area contributed by atoms with Crippen LogP contribution in [0.1, 0.15) is 18.1 Å². The first-order valence-electron chi connectivity index (χ1n) is 6.37. The third kappa shape index (κ3) is 5.22. The van der Waals surface area contributed by atoms with Crippen molar-refractivity contribution >= 4 is 0 Å². The molecule has 0 amide bonds. The molecule has 0 saturated carbocycles. The summed E-state index contributed by atoms with van der Waals surface area (Å²) >= 11 is 0. The predicted molar refractivity (Wildman–Crippen MR) is 72.0 cm³/mol. The molecule has 0 fully saturated rings. The van der Waals surface area contributed by atoms with Crippen molar-refractivity contribution in [3.63, 3.8) is 0 Å². The minimum atomic E-state index is -1.01. The van der Waals surface area contributed by atoms with Gasteiger partial charge in [-0.05, 0) is 46.7 Å². The van der Waals surface area contributed by atoms with E-state index in [1.165, 1.54) is 12.1 Å². The van der Waals surface area contributed by atoms with Gasteiger partial charge in [-0.2, -0.15) is 0 Å². The fourth-order valence-electron chi connectivity index (χ4n) is 1.92. The number of hydrogen-bond donors (Lipinski definition) is 1. The lowest BCUT2D eigenvalue weighted by Gasteiger charge is -2.21. The van der Waals surface area contributed by atoms with Gasteiger partial charge in [0.25, 0.3) is 0 Å². The molecule has 0 aliphatic rings. The number of rotatable bonds is 7. The van der Waals surface area contributed by atoms with Crippen LogP contribution in [0.4, 0.5) is 8.78 Å². The summed E-state index contributed by atoms with van der Waals surface area (Å²) in [6.07, 6.45) is -0.0537. The third-order valence-electron chi connectivity index (χ3n) is 2.97. The first-order chi connectivity index (χ1) is 8.91. The number of aliphatic hydroxyl groups excluding tert-OH is 1. The Morgan fingerprint density at radius 2 is 1.84 bits per heavy atom. The molecule has 19 heavy (non-hydrogen) atoms. The largest absolute Gasteiger partial charge is 0.387 e. The van der Waals surface area contributed by atoms with E-state index in [0.717, 1.165) is 25.6 Å². The molecular weight excluding hydrogens is 250 g/mol. The minimum Gasteiger partial charge on any atom is -0.387 e. The summed E-state index contributed by atoms with van der Waals surface area (Å²) in [6.45, 7) is 2.04. The SMILES string of the molecule is CN(C)CCCN(C)CC(O)c1cccc(F)c1F. The van der Waals surface area contributed by atoms with E-state index in [2.05, 4.69) is 4.90 Å². The van der Waals surface area contributed by atoms with Crippen molar-refractivity contribution in [2.24, 2.45) is 0 Å². The highest BCUT2D eigenvalue weighted by molar-refractivity contribution is 5.21. The number of nitrogens with zero attached hydrogens (tertiary/aromatic N) is 2. The van der Waals surface area contributed by atoms with Gasteiger partial charge in [0, 0.05) is 12.1 Å². The summed E-state index contributed by atoms with van der Waals surface area (Å²) in [7, 11) is 5.85. The smallest absolute Gasteiger partial charge is 0.164 e. The van der Waals surface area contributed by atoms with Crippen molar-refractivity contribution in [1.29, 1.82) is 0 Å². The molecule has 0 spiro atoms. The standard InChI is InChI=1S/C14H22F2N2O/c1-17(2)8-5-9-18(3)10-13(19)11-6-4-7-12(15)14(11)16/h4,6-7,13,19H,5,8-10H2,1-3H3. The van der Waals surface area contributed by atoms with Crippen LogP contribution in [0, 0.1) is 11.6 Å². The van der Waals surface area contributed by atoms with E-state index in [9.17, 15) is 13.9 Å². The summed E-state index contributed by atoms with van der Waals surface area (Å²) in [5, 5.41) is 9.95. The van der Waals surface area contributed by atoms with Gasteiger partial charge >= 0.3 is 0 Å². The number of halogens is 2. The van der Waals surface area contributed by atoms with E-state index in [1.54, 1.807) is 0 Å². The Labute approximate surface area is 113 Å². The second-order valence-corrected chi connectivity index (χ2v) is 5.08. The van der Waals surface area contributed by atoms with E-state index in [-0.39, 0.29) is 12.1 Å². The van der Waals surface area contributed by atoms with Crippen LogP contribution in [0.25, 0.3) is 0 Å². The molecule has 1 rings (SSSR count). The van der Waals surface area contributed by atoms with E-state index >= 15 is 0 Å². The fraction of sp³-hybridized carbons (Fsp3) is 0.571. The fourth-order valence-corrected chi connectivity index (χ4v) is 1.92. The van der Waals surface area contributed by atoms with Gasteiger partial charge in [-0.15, -0.1) is 0 Å². The van der Waals surface area contributed by atoms with Gasteiger partial charge in [0.1, 0.15) is 0 Å². The van der Waals surface area contributed by atoms with Crippen molar-refractivity contribution in [1.82, 2.24) is 9.80 Å². The quantitative estimate of drug-likeness (QED) is 0.821. The molecule has 0 aromatic heterocycles. The highest BCUT2D eigenvalue weighted by Crippen LogP contribution is 2.19. The zero-order chi connectivity index (χ0) is 14.4. The van der Waals surface area contributed by atoms with E-state index in [4.69, 9.17) is 0 Å². The number of aliphatic hydroxyl groups is 1. The molecule has 1 unspecified atom stereocenters. The van der Waals surface area contributed by atoms with Crippen LogP contribution in [0.5, 0.6) is 0 Å². The zero-order valence-corrected chi connectivity index (χ0v) is 11.7. The predicted octanol–water partition coefficient (Wildman–Crippen LogP) is 1.88. The highest BCUT2D eigenvalue weighted by Gasteiger charge is 2.17. The summed E-state index contributed by atoms with van der Waals surface area (Å²) < 4.78 is 26.6. The van der Waals surface area contributed by atoms with Crippen LogP contribution in [-0.2, 0) is 0 Å². The van der Waals surface area contributed by atoms with Gasteiger partial charge in [0.2, 0.25) is 0 Å². The van der Waals surface area contributed by atoms with Gasteiger partial charge in [0.15, 0.2) is 11.6 Å². The lowest BCUT2D eigenvalue weighted by atomic mass is 10.1. The zero-order valence-electron chi connectivity index (χ0n) is 11.7. The average Bonchev–Trinajstić information content (AvgIpc) is 2.31. The first-order valence-corrected chi connectivity index (χ1v) is 6.37. The molecule has 108 valence electrons. The molecular formula is C14H22F2N2O. The van der Waals surface area contributed by atoms with Gasteiger partial charge in [-0.25, -0.2) is 8.78 Å². The Bertz CT molecular complexity index is 399. The van der Waals surface area contributed by atoms with Gasteiger partial charge in [0.05, 0.1) is 6.10 Å². The van der Waals surface area contributed by atoms with E-state index in [1.807, 2.05) is 26.0 Å². The van der Waals surface area contributed by atoms with Gasteiger partial charge in [-0.1, -0.05) is 12.1 Å². The number of hydrogen-bond acceptors (Lipinski definition) is 3. The Morgan fingerprint density at radius 3 is 2.47 bits per heavy atom. The maximum atomic E-state index is 13.5. The Hall–Kier alpha value is -1.04. The molecule has 1 aromatic rings. The summed E-state index contributed by atoms with van der Waals surface area (Å²) in [5.41, 5.74) is 0.0134. The average molecular weight is 272 g/mol. The molecule has 3 nitrogen and oxygen atoms in total. The van der Waals surface area contributed by atoms with Crippen LogP contribution < -0.4 is 0 Å². The molecule has 0 bridgehead atoms. The monoisotopic (exact) mass is 272 g/mol. The minimum absolute atomic E-state index is 0.0134. The topological polar surface area (TPSA) is 26.7 Å². The third-order valence-corrected chi connectivity index (χ3v) is 2.97. The summed E-state index contributed by atoms with van der Waals surface area (Å²) in [4.78, 5) is 4.00. The first kappa shape index (κ1) is 16.0. The lowest BCUT2D eigenvalue weighted by molar-refractivity contribution is 0.121. The maximum Gasteiger partial charge on any atom is 0.164 e. The van der Waals surface area contributed by atoms with Crippen LogP contribution in [0.15, 0.2) is 18.2 Å². The second kappa shape index (κ2) is 7.53. The second-order valence-electron chi connectivity index (χ2n) is 5.08. The van der Waals surface area contributed by atoms with Crippen molar-refractivity contribution in [3.8, 4) is 0 Å². The Balaban J connectivity index is 2.50. The number of benzene rings is 1. The maximum absolute atomic E-state index is 13.5. The van der Waals surface area contributed by atoms with Crippen molar-refractivity contribution in [2.45, 2.75) is 12.5 Å². The number of likely N-dealkylation sites (N-methyl/N-ethyl adjacent to an activating group) is 1. The van der Waals surface area contributed by atoms with Crippen LogP contribution in [0.2, 0.25) is 0 Å². The Kier molecular flexibility index (Phi) is 6.34. The molecule has 1 atom stereocenters.